The van der Waals surface area contributed by atoms with Crippen molar-refractivity contribution in [1.29, 1.82) is 0 Å². The van der Waals surface area contributed by atoms with Crippen LogP contribution in [0, 0.1) is 11.7 Å². The number of aromatic nitrogens is 1. The second kappa shape index (κ2) is 7.20. The number of urea groups is 1. The maximum atomic E-state index is 13.0. The van der Waals surface area contributed by atoms with E-state index in [1.807, 2.05) is 0 Å². The van der Waals surface area contributed by atoms with Crippen LogP contribution in [0.15, 0.2) is 47.6 Å². The van der Waals surface area contributed by atoms with Crippen LogP contribution in [0.2, 0.25) is 0 Å². The molecule has 2 aliphatic rings. The van der Waals surface area contributed by atoms with Crippen LogP contribution in [0.5, 0.6) is 0 Å². The van der Waals surface area contributed by atoms with Crippen molar-refractivity contribution >= 4 is 22.0 Å². The molecule has 2 aromatic rings. The van der Waals surface area contributed by atoms with Crippen molar-refractivity contribution in [3.05, 3.63) is 48.4 Å². The van der Waals surface area contributed by atoms with Gasteiger partial charge in [-0.2, -0.15) is 0 Å². The van der Waals surface area contributed by atoms with E-state index in [0.29, 0.717) is 30.4 Å². The zero-order valence-electron chi connectivity index (χ0n) is 15.3. The number of imide groups is 1. The summed E-state index contributed by atoms with van der Waals surface area (Å²) in [4.78, 5) is 27.8. The van der Waals surface area contributed by atoms with Gasteiger partial charge in [-0.1, -0.05) is 18.6 Å². The molecule has 10 heteroatoms. The van der Waals surface area contributed by atoms with Gasteiger partial charge in [0.25, 0.3) is 15.9 Å². The third kappa shape index (κ3) is 3.60. The van der Waals surface area contributed by atoms with Gasteiger partial charge in [-0.3, -0.25) is 10.1 Å². The first kappa shape index (κ1) is 19.5. The highest BCUT2D eigenvalue weighted by molar-refractivity contribution is 7.89. The van der Waals surface area contributed by atoms with Crippen LogP contribution < -0.4 is 15.4 Å². The molecular weight excluding hydrogens is 399 g/mol. The van der Waals surface area contributed by atoms with Crippen LogP contribution >= 0.6 is 0 Å². The van der Waals surface area contributed by atoms with E-state index in [-0.39, 0.29) is 23.3 Å². The summed E-state index contributed by atoms with van der Waals surface area (Å²) in [5, 5.41) is 4.73. The van der Waals surface area contributed by atoms with Crippen molar-refractivity contribution in [2.75, 3.05) is 6.54 Å². The third-order valence-corrected chi connectivity index (χ3v) is 6.84. The van der Waals surface area contributed by atoms with Gasteiger partial charge in [0.05, 0.1) is 0 Å². The van der Waals surface area contributed by atoms with Crippen LogP contribution in [-0.4, -0.2) is 37.4 Å². The molecule has 2 unspecified atom stereocenters. The Morgan fingerprint density at radius 2 is 1.86 bits per heavy atom. The zero-order valence-corrected chi connectivity index (χ0v) is 16.1. The van der Waals surface area contributed by atoms with Gasteiger partial charge in [0.2, 0.25) is 0 Å². The lowest BCUT2D eigenvalue weighted by Crippen LogP contribution is -2.53. The molecule has 3 N–H and O–H groups in total. The largest absolute Gasteiger partial charge is 0.323 e. The molecule has 2 heterocycles. The van der Waals surface area contributed by atoms with E-state index in [4.69, 9.17) is 0 Å². The topological polar surface area (TPSA) is 117 Å². The third-order valence-electron chi connectivity index (χ3n) is 5.50. The molecule has 0 radical (unpaired) electrons. The lowest BCUT2D eigenvalue weighted by Gasteiger charge is -2.28. The van der Waals surface area contributed by atoms with Crippen molar-refractivity contribution < 1.29 is 22.4 Å². The Bertz CT molecular complexity index is 1060. The maximum absolute atomic E-state index is 13.0. The van der Waals surface area contributed by atoms with E-state index >= 15 is 0 Å². The summed E-state index contributed by atoms with van der Waals surface area (Å²) in [6, 6.07) is 8.21. The number of halogens is 1. The average Bonchev–Trinajstić information content (AvgIpc) is 3.23. The van der Waals surface area contributed by atoms with Gasteiger partial charge >= 0.3 is 6.03 Å². The van der Waals surface area contributed by atoms with E-state index < -0.39 is 27.5 Å². The number of sulfonamides is 1. The van der Waals surface area contributed by atoms with Crippen LogP contribution in [0.25, 0.3) is 11.1 Å². The van der Waals surface area contributed by atoms with Gasteiger partial charge in [0.15, 0.2) is 5.03 Å². The molecule has 2 atom stereocenters. The van der Waals surface area contributed by atoms with E-state index in [1.165, 1.54) is 24.4 Å². The van der Waals surface area contributed by atoms with E-state index in [2.05, 4.69) is 20.3 Å². The van der Waals surface area contributed by atoms with E-state index in [0.717, 1.165) is 0 Å². The number of carbonyl (C=O) groups is 2. The summed E-state index contributed by atoms with van der Waals surface area (Å²) in [6.45, 7) is 0.0113. The maximum Gasteiger partial charge on any atom is 0.322 e. The molecule has 29 heavy (non-hydrogen) atoms. The molecular formula is C19H19FN4O4S. The summed E-state index contributed by atoms with van der Waals surface area (Å²) in [7, 11) is -3.90. The fourth-order valence-electron chi connectivity index (χ4n) is 3.96. The molecule has 1 aromatic carbocycles. The number of amides is 3. The summed E-state index contributed by atoms with van der Waals surface area (Å²) in [5.41, 5.74) is 0.315. The molecule has 1 saturated carbocycles. The van der Waals surface area contributed by atoms with Crippen molar-refractivity contribution in [1.82, 2.24) is 20.3 Å². The molecule has 0 bridgehead atoms. The Morgan fingerprint density at radius 3 is 2.48 bits per heavy atom. The molecule has 1 aromatic heterocycles. The smallest absolute Gasteiger partial charge is 0.322 e. The Kier molecular flexibility index (Phi) is 4.83. The lowest BCUT2D eigenvalue weighted by atomic mass is 9.87. The highest BCUT2D eigenvalue weighted by Crippen LogP contribution is 2.37. The van der Waals surface area contributed by atoms with Crippen molar-refractivity contribution in [2.24, 2.45) is 5.92 Å². The number of benzene rings is 1. The Labute approximate surface area is 167 Å². The van der Waals surface area contributed by atoms with Gasteiger partial charge in [-0.15, -0.1) is 0 Å². The first-order valence-corrected chi connectivity index (χ1v) is 10.6. The van der Waals surface area contributed by atoms with Crippen LogP contribution in [-0.2, 0) is 14.8 Å². The number of nitrogens with one attached hydrogen (secondary N) is 3. The number of pyridine rings is 1. The first-order chi connectivity index (χ1) is 13.8. The fraction of sp³-hybridized carbons (Fsp3) is 0.316. The average molecular weight is 418 g/mol. The minimum Gasteiger partial charge on any atom is -0.323 e. The van der Waals surface area contributed by atoms with Gasteiger partial charge in [0.1, 0.15) is 11.4 Å². The molecule has 4 rings (SSSR count). The molecule has 1 aliphatic carbocycles. The minimum atomic E-state index is -3.90. The number of hydrogen-bond donors (Lipinski definition) is 3. The van der Waals surface area contributed by atoms with Crippen LogP contribution in [0.4, 0.5) is 9.18 Å². The van der Waals surface area contributed by atoms with Gasteiger partial charge in [0, 0.05) is 24.2 Å². The quantitative estimate of drug-likeness (QED) is 0.637. The molecule has 8 nitrogen and oxygen atoms in total. The summed E-state index contributed by atoms with van der Waals surface area (Å²) in [6.07, 6.45) is 3.21. The van der Waals surface area contributed by atoms with Crippen LogP contribution in [0.3, 0.4) is 0 Å². The standard InChI is InChI=1S/C19H19FN4O4S/c20-15-6-3-12(4-7-15)13-5-8-16(21-10-13)29(27,28)22-11-14-2-1-9-19(14)17(25)23-18(26)24-19/h3-8,10,14,22H,1-2,9,11H2,(H2,23,24,25,26). The summed E-state index contributed by atoms with van der Waals surface area (Å²) < 4.78 is 40.8. The van der Waals surface area contributed by atoms with Crippen molar-refractivity contribution in [2.45, 2.75) is 29.8 Å². The first-order valence-electron chi connectivity index (χ1n) is 9.15. The molecule has 3 amide bonds. The zero-order chi connectivity index (χ0) is 20.6. The van der Waals surface area contributed by atoms with Gasteiger partial charge < -0.3 is 5.32 Å². The Hall–Kier alpha value is -2.85. The van der Waals surface area contributed by atoms with Crippen molar-refractivity contribution in [3.63, 3.8) is 0 Å². The number of hydrogen-bond acceptors (Lipinski definition) is 5. The molecule has 1 aliphatic heterocycles. The molecule has 1 spiro atoms. The summed E-state index contributed by atoms with van der Waals surface area (Å²) >= 11 is 0. The van der Waals surface area contributed by atoms with E-state index in [1.54, 1.807) is 18.2 Å². The summed E-state index contributed by atoms with van der Waals surface area (Å²) in [5.74, 6) is -1.12. The number of nitrogens with zero attached hydrogens (tertiary/aromatic N) is 1. The van der Waals surface area contributed by atoms with Gasteiger partial charge in [-0.05, 0) is 42.7 Å². The normalized spacial score (nSPS) is 24.0. The predicted molar refractivity (Wildman–Crippen MR) is 102 cm³/mol. The molecule has 2 fully saturated rings. The Morgan fingerprint density at radius 1 is 1.14 bits per heavy atom. The molecule has 1 saturated heterocycles. The number of carbonyl (C=O) groups excluding carboxylic acids is 2. The fourth-order valence-corrected chi connectivity index (χ4v) is 4.97. The van der Waals surface area contributed by atoms with Crippen molar-refractivity contribution in [3.8, 4) is 11.1 Å². The second-order valence-electron chi connectivity index (χ2n) is 7.21. The second-order valence-corrected chi connectivity index (χ2v) is 8.93. The monoisotopic (exact) mass is 418 g/mol. The highest BCUT2D eigenvalue weighted by Gasteiger charge is 2.54. The predicted octanol–water partition coefficient (Wildman–Crippen LogP) is 1.54. The SMILES string of the molecule is O=C1NC(=O)C2(CCCC2CNS(=O)(=O)c2ccc(-c3ccc(F)cc3)cn2)N1. The number of rotatable bonds is 5. The molecule has 152 valence electrons. The Balaban J connectivity index is 1.47. The minimum absolute atomic E-state index is 0.0113. The lowest BCUT2D eigenvalue weighted by molar-refractivity contribution is -0.125. The van der Waals surface area contributed by atoms with Crippen LogP contribution in [0.1, 0.15) is 19.3 Å². The highest BCUT2D eigenvalue weighted by atomic mass is 32.2. The van der Waals surface area contributed by atoms with E-state index in [9.17, 15) is 22.4 Å². The van der Waals surface area contributed by atoms with Gasteiger partial charge in [-0.25, -0.2) is 27.3 Å².